The summed E-state index contributed by atoms with van der Waals surface area (Å²) in [5.74, 6) is 3.75. The molecule has 0 aliphatic carbocycles. The van der Waals surface area contributed by atoms with Gasteiger partial charge in [-0.05, 0) is 76.3 Å². The summed E-state index contributed by atoms with van der Waals surface area (Å²) in [6, 6.07) is 7.41. The lowest BCUT2D eigenvalue weighted by Crippen LogP contribution is -2.60. The minimum Gasteiger partial charge on any atom is -0.381 e. The van der Waals surface area contributed by atoms with Crippen molar-refractivity contribution in [2.75, 3.05) is 133 Å². The van der Waals surface area contributed by atoms with Crippen molar-refractivity contribution in [1.29, 1.82) is 0 Å². The van der Waals surface area contributed by atoms with Crippen LogP contribution in [0.1, 0.15) is 130 Å². The van der Waals surface area contributed by atoms with Crippen LogP contribution in [-0.2, 0) is 73.2 Å². The van der Waals surface area contributed by atoms with Crippen molar-refractivity contribution in [2.24, 2.45) is 29.6 Å². The SMILES string of the molecule is CC[C@H](C)[C@@H]([C@@H](CC(=O)N1CCC[C@H]1[C@H](OC)[C@@H](C)C(=O)N[C@@H](Cc1ccccc1)c1nccs1)OC)N(C)C(=O)[C@@H](NC(=O)[C@H](C(C)C)N(C)CCOCCOCCOCCCCOCCC(=O)NCCSSC(C)(C)CC(=O)NCCOCCON)C(C)C. The van der Waals surface area contributed by atoms with E-state index >= 15 is 0 Å². The second-order valence-corrected chi connectivity index (χ2v) is 28.6. The van der Waals surface area contributed by atoms with Gasteiger partial charge in [-0.15, -0.1) is 11.3 Å². The third-order valence-corrected chi connectivity index (χ3v) is 20.3. The Balaban J connectivity index is 1.36. The Morgan fingerprint density at radius 3 is 2.03 bits per heavy atom. The number of carbonyl (C=O) groups excluding carboxylic acids is 6. The number of amides is 6. The van der Waals surface area contributed by atoms with E-state index in [0.717, 1.165) is 35.6 Å². The fraction of sp³-hybridized carbons (Fsp3) is 0.769. The number of carbonyl (C=O) groups is 6. The van der Waals surface area contributed by atoms with Crippen molar-refractivity contribution in [3.63, 3.8) is 0 Å². The average Bonchev–Trinajstić information content (AvgIpc) is 1.87. The van der Waals surface area contributed by atoms with Crippen LogP contribution in [0.25, 0.3) is 0 Å². The normalized spacial score (nSPS) is 16.3. The summed E-state index contributed by atoms with van der Waals surface area (Å²) in [6.07, 6.45) is 5.50. The molecule has 23 nitrogen and oxygen atoms in total. The molecule has 6 N–H and O–H groups in total. The molecule has 3 rings (SSSR count). The molecule has 1 aromatic heterocycles. The van der Waals surface area contributed by atoms with E-state index in [0.29, 0.717) is 131 Å². The summed E-state index contributed by atoms with van der Waals surface area (Å²) >= 11 is 1.50. The monoisotopic (exact) mass is 1340 g/mol. The summed E-state index contributed by atoms with van der Waals surface area (Å²) in [5, 5.41) is 14.9. The number of likely N-dealkylation sites (tertiary alicyclic amines) is 1. The van der Waals surface area contributed by atoms with Crippen LogP contribution in [0, 0.1) is 23.7 Å². The van der Waals surface area contributed by atoms with Gasteiger partial charge in [0.05, 0.1) is 108 Å². The molecule has 0 bridgehead atoms. The van der Waals surface area contributed by atoms with Gasteiger partial charge in [-0.25, -0.2) is 10.9 Å². The number of thiazole rings is 1. The van der Waals surface area contributed by atoms with Crippen molar-refractivity contribution >= 4 is 68.4 Å². The highest BCUT2D eigenvalue weighted by atomic mass is 33.1. The molecule has 2 heterocycles. The summed E-state index contributed by atoms with van der Waals surface area (Å²) < 4.78 is 40.2. The first-order chi connectivity index (χ1) is 43.6. The number of hydrogen-bond donors (Lipinski definition) is 5. The molecule has 1 fully saturated rings. The van der Waals surface area contributed by atoms with Gasteiger partial charge >= 0.3 is 0 Å². The smallest absolute Gasteiger partial charge is 0.245 e. The molecule has 1 aliphatic heterocycles. The van der Waals surface area contributed by atoms with E-state index in [2.05, 4.69) is 38.0 Å². The first kappa shape index (κ1) is 81.2. The van der Waals surface area contributed by atoms with Crippen molar-refractivity contribution < 1.29 is 66.8 Å². The number of nitrogens with one attached hydrogen (secondary N) is 4. The van der Waals surface area contributed by atoms with E-state index in [1.807, 2.05) is 108 Å². The lowest BCUT2D eigenvalue weighted by molar-refractivity contribution is -0.148. The molecule has 9 atom stereocenters. The number of benzene rings is 1. The molecule has 1 aliphatic rings. The van der Waals surface area contributed by atoms with Gasteiger partial charge in [-0.3, -0.25) is 33.7 Å². The molecule has 1 saturated heterocycles. The van der Waals surface area contributed by atoms with Gasteiger partial charge in [0, 0.05) is 95.6 Å². The Kier molecular flexibility index (Phi) is 41.2. The largest absolute Gasteiger partial charge is 0.381 e. The molecule has 0 radical (unpaired) electrons. The molecule has 520 valence electrons. The standard InChI is InChI=1S/C65H113N9O14S3/c1-14-48(6)59(53(81-12)44-56(77)74-28-20-23-52(74)60(82-13)49(7)61(78)70-51(63-69-26-41-89-63)43-50-21-16-15-17-22-50)73(11)64(80)57(46(2)3)71-62(79)58(47(4)5)72(10)29-34-86-36-38-87-37-35-84-31-19-18-30-83-32-24-54(75)68-27-42-90-91-65(8,9)45-55(76)67-25-33-85-39-40-88-66/h15-17,21-22,26,41,46-49,51-53,57-60H,14,18-20,23-25,27-40,42-45,66H2,1-13H3,(H,67,76)(H,68,75)(H,70,78)(H,71,79)/t48-,49+,51-,52-,53+,57-,58-,59-,60+/m0/s1. The predicted molar refractivity (Wildman–Crippen MR) is 360 cm³/mol. The molecule has 0 unspecified atom stereocenters. The van der Waals surface area contributed by atoms with Crippen molar-refractivity contribution in [1.82, 2.24) is 41.0 Å². The maximum Gasteiger partial charge on any atom is 0.245 e. The van der Waals surface area contributed by atoms with Crippen LogP contribution >= 0.6 is 32.9 Å². The maximum absolute atomic E-state index is 14.7. The highest BCUT2D eigenvalue weighted by Crippen LogP contribution is 2.38. The summed E-state index contributed by atoms with van der Waals surface area (Å²) in [5.41, 5.74) is 1.08. The molecule has 0 spiro atoms. The summed E-state index contributed by atoms with van der Waals surface area (Å²) in [6.45, 7) is 24.3. The van der Waals surface area contributed by atoms with Crippen LogP contribution in [0.2, 0.25) is 0 Å². The fourth-order valence-electron chi connectivity index (χ4n) is 11.1. The Hall–Kier alpha value is -4.03. The van der Waals surface area contributed by atoms with E-state index in [1.165, 1.54) is 11.3 Å². The number of likely N-dealkylation sites (N-methyl/N-ethyl adjacent to an activating group) is 2. The molecule has 91 heavy (non-hydrogen) atoms. The maximum atomic E-state index is 14.7. The van der Waals surface area contributed by atoms with Crippen molar-refractivity contribution in [3.8, 4) is 0 Å². The summed E-state index contributed by atoms with van der Waals surface area (Å²) in [4.78, 5) is 96.6. The number of nitrogens with two attached hydrogens (primary N) is 1. The lowest BCUT2D eigenvalue weighted by atomic mass is 9.89. The van der Waals surface area contributed by atoms with Crippen LogP contribution in [-0.4, -0.2) is 229 Å². The highest BCUT2D eigenvalue weighted by Gasteiger charge is 2.44. The lowest BCUT2D eigenvalue weighted by Gasteiger charge is -2.41. The van der Waals surface area contributed by atoms with Crippen LogP contribution in [0.15, 0.2) is 41.9 Å². The Morgan fingerprint density at radius 2 is 1.42 bits per heavy atom. The third-order valence-electron chi connectivity index (χ3n) is 16.1. The van der Waals surface area contributed by atoms with E-state index in [9.17, 15) is 28.8 Å². The van der Waals surface area contributed by atoms with Gasteiger partial charge in [0.25, 0.3) is 0 Å². The fourth-order valence-corrected chi connectivity index (χ4v) is 14.2. The number of rotatable bonds is 51. The van der Waals surface area contributed by atoms with Crippen LogP contribution < -0.4 is 27.2 Å². The Morgan fingerprint density at radius 1 is 0.780 bits per heavy atom. The minimum absolute atomic E-state index is 0.00688. The van der Waals surface area contributed by atoms with Gasteiger partial charge < -0.3 is 69.1 Å². The molecule has 2 aromatic rings. The zero-order valence-corrected chi connectivity index (χ0v) is 59.3. The van der Waals surface area contributed by atoms with Gasteiger partial charge in [0.2, 0.25) is 35.4 Å². The molecule has 26 heteroatoms. The quantitative estimate of drug-likeness (QED) is 0.0269. The highest BCUT2D eigenvalue weighted by molar-refractivity contribution is 8.77. The number of unbranched alkanes of at least 4 members (excludes halogenated alkanes) is 1. The van der Waals surface area contributed by atoms with Gasteiger partial charge in [0.15, 0.2) is 0 Å². The second-order valence-electron chi connectivity index (χ2n) is 24.5. The van der Waals surface area contributed by atoms with Crippen LogP contribution in [0.4, 0.5) is 0 Å². The number of ether oxygens (including phenoxy) is 7. The molecular weight excluding hydrogens is 1230 g/mol. The summed E-state index contributed by atoms with van der Waals surface area (Å²) in [7, 11) is 10.0. The predicted octanol–water partition coefficient (Wildman–Crippen LogP) is 6.49. The first-order valence-corrected chi connectivity index (χ1v) is 35.7. The zero-order valence-electron chi connectivity index (χ0n) is 56.9. The molecule has 0 saturated carbocycles. The number of nitrogens with zero attached hydrogens (tertiary/aromatic N) is 4. The van der Waals surface area contributed by atoms with Crippen molar-refractivity contribution in [2.45, 2.75) is 167 Å². The zero-order chi connectivity index (χ0) is 67.1. The third kappa shape index (κ3) is 30.9. The number of aromatic nitrogens is 1. The van der Waals surface area contributed by atoms with Gasteiger partial charge in [-0.1, -0.05) is 107 Å². The Bertz CT molecular complexity index is 2330. The Labute approximate surface area is 555 Å². The molecular formula is C65H113N9O14S3. The van der Waals surface area contributed by atoms with Crippen LogP contribution in [0.3, 0.4) is 0 Å². The van der Waals surface area contributed by atoms with E-state index in [1.54, 1.807) is 54.0 Å². The van der Waals surface area contributed by atoms with Gasteiger partial charge in [-0.2, -0.15) is 0 Å². The van der Waals surface area contributed by atoms with E-state index < -0.39 is 36.3 Å². The molecule has 6 amide bonds. The minimum atomic E-state index is -0.849. The topological polar surface area (TPSA) is 273 Å². The van der Waals surface area contributed by atoms with Gasteiger partial charge in [0.1, 0.15) is 11.0 Å². The van der Waals surface area contributed by atoms with E-state index in [4.69, 9.17) is 39.1 Å². The average molecular weight is 1340 g/mol. The first-order valence-electron chi connectivity index (χ1n) is 32.5. The second kappa shape index (κ2) is 46.2. The number of methoxy groups -OCH3 is 2. The molecule has 1 aromatic carbocycles. The van der Waals surface area contributed by atoms with Crippen molar-refractivity contribution in [3.05, 3.63) is 52.5 Å². The number of hydrogen-bond acceptors (Lipinski definition) is 20. The van der Waals surface area contributed by atoms with Crippen LogP contribution in [0.5, 0.6) is 0 Å². The van der Waals surface area contributed by atoms with E-state index in [-0.39, 0.29) is 76.4 Å².